The van der Waals surface area contributed by atoms with E-state index in [9.17, 15) is 0 Å². The van der Waals surface area contributed by atoms with E-state index in [1.54, 1.807) is 0 Å². The van der Waals surface area contributed by atoms with Gasteiger partial charge in [-0.25, -0.2) is 0 Å². The first-order chi connectivity index (χ1) is 5.70. The van der Waals surface area contributed by atoms with Crippen molar-refractivity contribution in [1.82, 2.24) is 0 Å². The van der Waals surface area contributed by atoms with Gasteiger partial charge in [-0.1, -0.05) is 48.3 Å². The van der Waals surface area contributed by atoms with Gasteiger partial charge < -0.3 is 0 Å². The molecule has 12 heavy (non-hydrogen) atoms. The third-order valence-corrected chi connectivity index (χ3v) is 4.64. The highest BCUT2D eigenvalue weighted by Gasteiger charge is 2.06. The zero-order valence-corrected chi connectivity index (χ0v) is 9.85. The fourth-order valence-corrected chi connectivity index (χ4v) is 3.40. The van der Waals surface area contributed by atoms with Crippen LogP contribution < -0.4 is 0 Å². The van der Waals surface area contributed by atoms with E-state index in [-0.39, 0.29) is 0 Å². The molecule has 0 saturated carbocycles. The highest BCUT2D eigenvalue weighted by Crippen LogP contribution is 2.34. The van der Waals surface area contributed by atoms with Gasteiger partial charge in [-0.15, -0.1) is 0 Å². The Hall–Kier alpha value is 0.700. The highest BCUT2D eigenvalue weighted by atomic mass is 33.1. The summed E-state index contributed by atoms with van der Waals surface area (Å²) in [4.78, 5) is 0. The van der Waals surface area contributed by atoms with E-state index in [1.165, 1.54) is 25.7 Å². The van der Waals surface area contributed by atoms with Crippen LogP contribution >= 0.6 is 21.6 Å². The average molecular weight is 204 g/mol. The van der Waals surface area contributed by atoms with Gasteiger partial charge in [-0.05, 0) is 26.7 Å². The van der Waals surface area contributed by atoms with E-state index >= 15 is 0 Å². The maximum absolute atomic E-state index is 4.07. The third kappa shape index (κ3) is 7.35. The Bertz CT molecular complexity index is 81.8. The SMILES string of the molecule is [CH2]C(CCC)SSC([CH2])CCC. The molecule has 0 aliphatic rings. The summed E-state index contributed by atoms with van der Waals surface area (Å²) in [7, 11) is 3.78. The molecule has 0 spiro atoms. The summed E-state index contributed by atoms with van der Waals surface area (Å²) in [6, 6.07) is 0. The van der Waals surface area contributed by atoms with E-state index in [0.29, 0.717) is 10.5 Å². The molecule has 0 rings (SSSR count). The lowest BCUT2D eigenvalue weighted by Crippen LogP contribution is -1.97. The smallest absolute Gasteiger partial charge is 0.0151 e. The summed E-state index contributed by atoms with van der Waals surface area (Å²) in [6.07, 6.45) is 4.90. The number of hydrogen-bond acceptors (Lipinski definition) is 2. The van der Waals surface area contributed by atoms with E-state index in [2.05, 4.69) is 27.7 Å². The van der Waals surface area contributed by atoms with Gasteiger partial charge in [-0.2, -0.15) is 0 Å². The maximum atomic E-state index is 4.07. The lowest BCUT2D eigenvalue weighted by atomic mass is 10.3. The lowest BCUT2D eigenvalue weighted by molar-refractivity contribution is 0.824. The molecule has 0 aromatic carbocycles. The summed E-state index contributed by atoms with van der Waals surface area (Å²) in [5.41, 5.74) is 0. The first-order valence-electron chi connectivity index (χ1n) is 4.69. The topological polar surface area (TPSA) is 0 Å². The van der Waals surface area contributed by atoms with Crippen molar-refractivity contribution in [3.05, 3.63) is 13.8 Å². The van der Waals surface area contributed by atoms with Crippen molar-refractivity contribution >= 4 is 21.6 Å². The summed E-state index contributed by atoms with van der Waals surface area (Å²) in [6.45, 7) is 12.6. The Morgan fingerprint density at radius 2 is 1.25 bits per heavy atom. The molecule has 2 unspecified atom stereocenters. The molecule has 0 bridgehead atoms. The predicted molar refractivity (Wildman–Crippen MR) is 63.3 cm³/mol. The van der Waals surface area contributed by atoms with Crippen LogP contribution in [0.2, 0.25) is 0 Å². The van der Waals surface area contributed by atoms with Gasteiger partial charge in [-0.3, -0.25) is 0 Å². The van der Waals surface area contributed by atoms with Crippen LogP contribution in [0.25, 0.3) is 0 Å². The number of rotatable bonds is 7. The average Bonchev–Trinajstić information content (AvgIpc) is 2.02. The molecule has 2 atom stereocenters. The second kappa shape index (κ2) is 8.31. The molecule has 0 aromatic heterocycles. The lowest BCUT2D eigenvalue weighted by Gasteiger charge is -2.12. The van der Waals surface area contributed by atoms with Gasteiger partial charge in [0.2, 0.25) is 0 Å². The van der Waals surface area contributed by atoms with Crippen LogP contribution in [0.1, 0.15) is 39.5 Å². The summed E-state index contributed by atoms with van der Waals surface area (Å²) in [5.74, 6) is 0. The standard InChI is InChI=1S/C10H20S2/c1-5-7-9(3)11-12-10(4)8-6-2/h9-10H,3-8H2,1-2H3. The van der Waals surface area contributed by atoms with Gasteiger partial charge in [0.1, 0.15) is 0 Å². The second-order valence-corrected chi connectivity index (χ2v) is 5.89. The number of hydrogen-bond donors (Lipinski definition) is 0. The molecule has 2 heteroatoms. The molecule has 0 heterocycles. The Kier molecular flexibility index (Phi) is 8.79. The van der Waals surface area contributed by atoms with Gasteiger partial charge >= 0.3 is 0 Å². The van der Waals surface area contributed by atoms with Crippen LogP contribution in [-0.2, 0) is 0 Å². The molecule has 0 nitrogen and oxygen atoms in total. The van der Waals surface area contributed by atoms with Gasteiger partial charge in [0.05, 0.1) is 0 Å². The van der Waals surface area contributed by atoms with Crippen molar-refractivity contribution in [3.8, 4) is 0 Å². The van der Waals surface area contributed by atoms with Crippen molar-refractivity contribution in [2.75, 3.05) is 0 Å². The molecule has 0 aliphatic heterocycles. The molecule has 0 fully saturated rings. The minimum absolute atomic E-state index is 0.543. The quantitative estimate of drug-likeness (QED) is 0.565. The minimum Gasteiger partial charge on any atom is -0.0904 e. The predicted octanol–water partition coefficient (Wildman–Crippen LogP) is 4.37. The molecule has 0 aromatic rings. The van der Waals surface area contributed by atoms with E-state index in [0.717, 1.165) is 0 Å². The van der Waals surface area contributed by atoms with Crippen molar-refractivity contribution in [3.63, 3.8) is 0 Å². The van der Waals surface area contributed by atoms with E-state index in [1.807, 2.05) is 21.6 Å². The largest absolute Gasteiger partial charge is 0.0904 e. The maximum Gasteiger partial charge on any atom is 0.0151 e. The van der Waals surface area contributed by atoms with E-state index < -0.39 is 0 Å². The molecular weight excluding hydrogens is 184 g/mol. The van der Waals surface area contributed by atoms with Crippen LogP contribution in [0.15, 0.2) is 0 Å². The normalized spacial score (nSPS) is 16.0. The van der Waals surface area contributed by atoms with Gasteiger partial charge in [0, 0.05) is 10.5 Å². The Morgan fingerprint density at radius 1 is 0.917 bits per heavy atom. The first kappa shape index (κ1) is 12.7. The van der Waals surface area contributed by atoms with Crippen LogP contribution in [0.4, 0.5) is 0 Å². The minimum atomic E-state index is 0.543. The zero-order chi connectivity index (χ0) is 9.40. The van der Waals surface area contributed by atoms with Crippen LogP contribution in [0.5, 0.6) is 0 Å². The van der Waals surface area contributed by atoms with Crippen LogP contribution in [0.3, 0.4) is 0 Å². The molecule has 2 radical (unpaired) electrons. The molecule has 72 valence electrons. The fraction of sp³-hybridized carbons (Fsp3) is 0.800. The van der Waals surface area contributed by atoms with Crippen LogP contribution in [-0.4, -0.2) is 10.5 Å². The highest BCUT2D eigenvalue weighted by molar-refractivity contribution is 8.77. The molecule has 0 aliphatic carbocycles. The van der Waals surface area contributed by atoms with E-state index in [4.69, 9.17) is 0 Å². The summed E-state index contributed by atoms with van der Waals surface area (Å²) >= 11 is 0. The molecule has 0 amide bonds. The Labute approximate surface area is 85.7 Å². The van der Waals surface area contributed by atoms with Gasteiger partial charge in [0.25, 0.3) is 0 Å². The molecular formula is C10H20S2. The molecule has 0 N–H and O–H groups in total. The molecule has 0 saturated heterocycles. The van der Waals surface area contributed by atoms with Crippen molar-refractivity contribution in [2.45, 2.75) is 50.0 Å². The Morgan fingerprint density at radius 3 is 1.50 bits per heavy atom. The Balaban J connectivity index is 3.27. The van der Waals surface area contributed by atoms with Crippen molar-refractivity contribution in [2.24, 2.45) is 0 Å². The van der Waals surface area contributed by atoms with Crippen molar-refractivity contribution < 1.29 is 0 Å². The monoisotopic (exact) mass is 204 g/mol. The second-order valence-electron chi connectivity index (χ2n) is 3.01. The summed E-state index contributed by atoms with van der Waals surface area (Å²) in [5, 5.41) is 1.09. The third-order valence-electron chi connectivity index (χ3n) is 1.55. The van der Waals surface area contributed by atoms with Crippen LogP contribution in [0, 0.1) is 13.8 Å². The van der Waals surface area contributed by atoms with Gasteiger partial charge in [0.15, 0.2) is 0 Å². The van der Waals surface area contributed by atoms with Crippen molar-refractivity contribution in [1.29, 1.82) is 0 Å². The summed E-state index contributed by atoms with van der Waals surface area (Å²) < 4.78 is 0. The fourth-order valence-electron chi connectivity index (χ4n) is 0.897. The zero-order valence-electron chi connectivity index (χ0n) is 8.21. The first-order valence-corrected chi connectivity index (χ1v) is 6.96.